The number of rotatable bonds is 4. The Morgan fingerprint density at radius 3 is 2.56 bits per heavy atom. The van der Waals surface area contributed by atoms with Gasteiger partial charge in [0.05, 0.1) is 10.0 Å². The first kappa shape index (κ1) is 13.9. The van der Waals surface area contributed by atoms with Crippen LogP contribution in [0.4, 0.5) is 0 Å². The van der Waals surface area contributed by atoms with Gasteiger partial charge in [0.1, 0.15) is 0 Å². The Kier molecular flexibility index (Phi) is 4.68. The monoisotopic (exact) mass is 299 g/mol. The van der Waals surface area contributed by atoms with Crippen molar-refractivity contribution in [1.29, 1.82) is 0 Å². The van der Waals surface area contributed by atoms with Crippen molar-refractivity contribution in [3.05, 3.63) is 55.7 Å². The summed E-state index contributed by atoms with van der Waals surface area (Å²) in [4.78, 5) is 1.36. The van der Waals surface area contributed by atoms with E-state index < -0.39 is 0 Å². The molecule has 0 spiro atoms. The molecule has 2 aromatic rings. The Bertz CT molecular complexity index is 536. The lowest BCUT2D eigenvalue weighted by molar-refractivity contribution is 0.591. The first-order valence-corrected chi connectivity index (χ1v) is 7.40. The van der Waals surface area contributed by atoms with E-state index in [-0.39, 0.29) is 0 Å². The second-order valence-corrected chi connectivity index (χ2v) is 6.16. The van der Waals surface area contributed by atoms with Crippen LogP contribution in [0.1, 0.15) is 22.0 Å². The van der Waals surface area contributed by atoms with Gasteiger partial charge in [-0.05, 0) is 55.1 Å². The molecule has 2 rings (SSSR count). The molecular weight excluding hydrogens is 285 g/mol. The molecule has 0 fully saturated rings. The van der Waals surface area contributed by atoms with Crippen LogP contribution < -0.4 is 5.32 Å². The molecule has 0 aliphatic carbocycles. The molecule has 0 aliphatic heterocycles. The zero-order valence-electron chi connectivity index (χ0n) is 10.3. The SMILES string of the molecule is CNC(Cc1ccc(Cl)c(Cl)c1)c1ccsc1C. The molecule has 0 bridgehead atoms. The van der Waals surface area contributed by atoms with Gasteiger partial charge >= 0.3 is 0 Å². The third-order valence-corrected chi connectivity index (χ3v) is 4.65. The van der Waals surface area contributed by atoms with E-state index in [4.69, 9.17) is 23.2 Å². The van der Waals surface area contributed by atoms with Crippen molar-refractivity contribution in [3.8, 4) is 0 Å². The number of hydrogen-bond acceptors (Lipinski definition) is 2. The van der Waals surface area contributed by atoms with Crippen LogP contribution in [0.5, 0.6) is 0 Å². The van der Waals surface area contributed by atoms with E-state index in [0.29, 0.717) is 16.1 Å². The minimum atomic E-state index is 0.313. The summed E-state index contributed by atoms with van der Waals surface area (Å²) >= 11 is 13.8. The molecule has 0 aliphatic rings. The smallest absolute Gasteiger partial charge is 0.0595 e. The van der Waals surface area contributed by atoms with Gasteiger partial charge < -0.3 is 5.32 Å². The average molecular weight is 300 g/mol. The van der Waals surface area contributed by atoms with E-state index in [2.05, 4.69) is 23.7 Å². The van der Waals surface area contributed by atoms with E-state index in [9.17, 15) is 0 Å². The second kappa shape index (κ2) is 6.07. The third-order valence-electron chi connectivity index (χ3n) is 3.05. The number of aryl methyl sites for hydroxylation is 1. The predicted molar refractivity (Wildman–Crippen MR) is 81.0 cm³/mol. The van der Waals surface area contributed by atoms with Crippen molar-refractivity contribution in [1.82, 2.24) is 5.32 Å². The number of likely N-dealkylation sites (N-methyl/N-ethyl adjacent to an activating group) is 1. The fourth-order valence-corrected chi connectivity index (χ4v) is 3.11. The first-order valence-electron chi connectivity index (χ1n) is 5.77. The zero-order valence-corrected chi connectivity index (χ0v) is 12.7. The van der Waals surface area contributed by atoms with E-state index in [0.717, 1.165) is 6.42 Å². The lowest BCUT2D eigenvalue weighted by Gasteiger charge is -2.16. The molecule has 1 unspecified atom stereocenters. The molecule has 18 heavy (non-hydrogen) atoms. The Labute approximate surface area is 122 Å². The van der Waals surface area contributed by atoms with Crippen molar-refractivity contribution < 1.29 is 0 Å². The second-order valence-electron chi connectivity index (χ2n) is 4.23. The fraction of sp³-hybridized carbons (Fsp3) is 0.286. The van der Waals surface area contributed by atoms with Gasteiger partial charge in [-0.15, -0.1) is 11.3 Å². The molecule has 0 amide bonds. The van der Waals surface area contributed by atoms with Crippen LogP contribution >= 0.6 is 34.5 Å². The highest BCUT2D eigenvalue weighted by Crippen LogP contribution is 2.28. The molecular formula is C14H15Cl2NS. The minimum absolute atomic E-state index is 0.313. The Morgan fingerprint density at radius 1 is 1.22 bits per heavy atom. The predicted octanol–water partition coefficient (Wildman–Crippen LogP) is 4.87. The normalized spacial score (nSPS) is 12.7. The average Bonchev–Trinajstić information content (AvgIpc) is 2.77. The van der Waals surface area contributed by atoms with E-state index in [1.807, 2.05) is 25.2 Å². The summed E-state index contributed by atoms with van der Waals surface area (Å²) < 4.78 is 0. The van der Waals surface area contributed by atoms with Gasteiger partial charge in [0.15, 0.2) is 0 Å². The molecule has 1 N–H and O–H groups in total. The van der Waals surface area contributed by atoms with Crippen LogP contribution in [0, 0.1) is 6.92 Å². The summed E-state index contributed by atoms with van der Waals surface area (Å²) in [5.41, 5.74) is 2.54. The molecule has 0 saturated heterocycles. The third kappa shape index (κ3) is 3.07. The van der Waals surface area contributed by atoms with Crippen molar-refractivity contribution >= 4 is 34.5 Å². The lowest BCUT2D eigenvalue weighted by Crippen LogP contribution is -2.18. The fourth-order valence-electron chi connectivity index (χ4n) is 2.03. The van der Waals surface area contributed by atoms with Gasteiger partial charge in [-0.3, -0.25) is 0 Å². The maximum atomic E-state index is 6.05. The molecule has 4 heteroatoms. The summed E-state index contributed by atoms with van der Waals surface area (Å²) in [6.07, 6.45) is 0.908. The molecule has 0 saturated carbocycles. The summed E-state index contributed by atoms with van der Waals surface area (Å²) in [6.45, 7) is 2.15. The Hall–Kier alpha value is -0.540. The number of hydrogen-bond donors (Lipinski definition) is 1. The minimum Gasteiger partial charge on any atom is -0.313 e. The van der Waals surface area contributed by atoms with Gasteiger partial charge in [0.25, 0.3) is 0 Å². The van der Waals surface area contributed by atoms with Crippen molar-refractivity contribution in [2.75, 3.05) is 7.05 Å². The number of thiophene rings is 1. The molecule has 0 radical (unpaired) electrons. The Morgan fingerprint density at radius 2 is 2.00 bits per heavy atom. The van der Waals surface area contributed by atoms with Crippen LogP contribution in [-0.2, 0) is 6.42 Å². The number of halogens is 2. The van der Waals surface area contributed by atoms with Crippen LogP contribution in [0.2, 0.25) is 10.0 Å². The highest BCUT2D eigenvalue weighted by molar-refractivity contribution is 7.10. The summed E-state index contributed by atoms with van der Waals surface area (Å²) in [6, 6.07) is 8.31. The van der Waals surface area contributed by atoms with Crippen LogP contribution in [0.15, 0.2) is 29.6 Å². The topological polar surface area (TPSA) is 12.0 Å². The maximum absolute atomic E-state index is 6.05. The quantitative estimate of drug-likeness (QED) is 0.849. The van der Waals surface area contributed by atoms with Crippen LogP contribution in [-0.4, -0.2) is 7.05 Å². The van der Waals surface area contributed by atoms with E-state index in [1.165, 1.54) is 16.0 Å². The lowest BCUT2D eigenvalue weighted by atomic mass is 10.00. The number of nitrogens with one attached hydrogen (secondary N) is 1. The van der Waals surface area contributed by atoms with Gasteiger partial charge in [0.2, 0.25) is 0 Å². The molecule has 1 aromatic carbocycles. The first-order chi connectivity index (χ1) is 8.61. The Balaban J connectivity index is 2.20. The van der Waals surface area contributed by atoms with Crippen molar-refractivity contribution in [2.24, 2.45) is 0 Å². The zero-order chi connectivity index (χ0) is 13.1. The van der Waals surface area contributed by atoms with E-state index >= 15 is 0 Å². The molecule has 96 valence electrons. The standard InChI is InChI=1S/C14H15Cl2NS/c1-9-11(5-6-18-9)14(17-2)8-10-3-4-12(15)13(16)7-10/h3-7,14,17H,8H2,1-2H3. The van der Waals surface area contributed by atoms with Crippen molar-refractivity contribution in [3.63, 3.8) is 0 Å². The van der Waals surface area contributed by atoms with Gasteiger partial charge in [0, 0.05) is 10.9 Å². The highest BCUT2D eigenvalue weighted by atomic mass is 35.5. The van der Waals surface area contributed by atoms with Crippen LogP contribution in [0.3, 0.4) is 0 Å². The summed E-state index contributed by atoms with van der Waals surface area (Å²) in [5, 5.41) is 6.71. The van der Waals surface area contributed by atoms with Gasteiger partial charge in [-0.1, -0.05) is 29.3 Å². The largest absolute Gasteiger partial charge is 0.313 e. The van der Waals surface area contributed by atoms with Crippen molar-refractivity contribution in [2.45, 2.75) is 19.4 Å². The van der Waals surface area contributed by atoms with Crippen LogP contribution in [0.25, 0.3) is 0 Å². The van der Waals surface area contributed by atoms with Gasteiger partial charge in [-0.2, -0.15) is 0 Å². The molecule has 1 nitrogen and oxygen atoms in total. The molecule has 1 aromatic heterocycles. The summed E-state index contributed by atoms with van der Waals surface area (Å²) in [5.74, 6) is 0. The maximum Gasteiger partial charge on any atom is 0.0595 e. The van der Waals surface area contributed by atoms with E-state index in [1.54, 1.807) is 11.3 Å². The molecule has 1 atom stereocenters. The molecule has 1 heterocycles. The van der Waals surface area contributed by atoms with Gasteiger partial charge in [-0.25, -0.2) is 0 Å². The highest BCUT2D eigenvalue weighted by Gasteiger charge is 2.13. The number of benzene rings is 1. The summed E-state index contributed by atoms with van der Waals surface area (Å²) in [7, 11) is 1.99.